The lowest BCUT2D eigenvalue weighted by Gasteiger charge is -2.25. The van der Waals surface area contributed by atoms with Crippen LogP contribution in [0.25, 0.3) is 0 Å². The molecule has 104 valence electrons. The van der Waals surface area contributed by atoms with E-state index in [2.05, 4.69) is 10.3 Å². The highest BCUT2D eigenvalue weighted by atomic mass is 16.4. The third-order valence-electron chi connectivity index (χ3n) is 2.68. The molecule has 4 N–H and O–H groups in total. The summed E-state index contributed by atoms with van der Waals surface area (Å²) < 4.78 is 0. The Labute approximate surface area is 107 Å². The van der Waals surface area contributed by atoms with Gasteiger partial charge < -0.3 is 15.4 Å². The molecule has 0 bridgehead atoms. The summed E-state index contributed by atoms with van der Waals surface area (Å²) in [5.41, 5.74) is -3.42. The molecule has 0 aliphatic heterocycles. The molecule has 0 saturated carbocycles. The normalized spacial score (nSPS) is 13.6. The monoisotopic (exact) mass is 269 g/mol. The molecule has 19 heavy (non-hydrogen) atoms. The molecule has 0 aliphatic rings. The zero-order valence-corrected chi connectivity index (χ0v) is 10.6. The molecule has 1 heterocycles. The standard InChI is InChI=1S/C11H15N3O5/c1-3-4-11(2,9(17)18)14-8(16)6-5-12-10(19)13-7(6)15/h5H,3-4H2,1-2H3,(H,14,16)(H,17,18)(H2,12,13,15,19). The van der Waals surface area contributed by atoms with Gasteiger partial charge in [-0.05, 0) is 13.3 Å². The van der Waals surface area contributed by atoms with Crippen molar-refractivity contribution in [2.45, 2.75) is 32.2 Å². The average molecular weight is 269 g/mol. The smallest absolute Gasteiger partial charge is 0.329 e. The summed E-state index contributed by atoms with van der Waals surface area (Å²) in [4.78, 5) is 49.3. The largest absolute Gasteiger partial charge is 0.480 e. The number of carbonyl (C=O) groups is 2. The number of carboxylic acids is 1. The lowest BCUT2D eigenvalue weighted by Crippen LogP contribution is -2.53. The first kappa shape index (κ1) is 14.7. The minimum absolute atomic E-state index is 0.218. The van der Waals surface area contributed by atoms with E-state index in [1.807, 2.05) is 4.98 Å². The fraction of sp³-hybridized carbons (Fsp3) is 0.455. The van der Waals surface area contributed by atoms with Crippen molar-refractivity contribution in [3.63, 3.8) is 0 Å². The first-order valence-electron chi connectivity index (χ1n) is 5.68. The van der Waals surface area contributed by atoms with Crippen molar-refractivity contribution in [1.29, 1.82) is 0 Å². The van der Waals surface area contributed by atoms with Crippen molar-refractivity contribution in [1.82, 2.24) is 15.3 Å². The summed E-state index contributed by atoms with van der Waals surface area (Å²) in [6, 6.07) is 0. The van der Waals surface area contributed by atoms with E-state index >= 15 is 0 Å². The molecule has 1 aromatic rings. The SMILES string of the molecule is CCCC(C)(NC(=O)c1c[nH]c(=O)[nH]c1=O)C(=O)O. The van der Waals surface area contributed by atoms with Crippen LogP contribution in [-0.2, 0) is 4.79 Å². The lowest BCUT2D eigenvalue weighted by atomic mass is 9.96. The van der Waals surface area contributed by atoms with Crippen molar-refractivity contribution >= 4 is 11.9 Å². The number of hydrogen-bond donors (Lipinski definition) is 4. The van der Waals surface area contributed by atoms with Crippen molar-refractivity contribution in [3.05, 3.63) is 32.6 Å². The molecule has 0 spiro atoms. The van der Waals surface area contributed by atoms with Gasteiger partial charge in [0.2, 0.25) is 0 Å². The fourth-order valence-corrected chi connectivity index (χ4v) is 1.62. The molecule has 8 heteroatoms. The average Bonchev–Trinajstić information content (AvgIpc) is 2.28. The highest BCUT2D eigenvalue weighted by Crippen LogP contribution is 2.13. The maximum atomic E-state index is 11.9. The number of aromatic amines is 2. The van der Waals surface area contributed by atoms with Gasteiger partial charge in [-0.2, -0.15) is 0 Å². The number of carboxylic acid groups (broad SMARTS) is 1. The predicted octanol–water partition coefficient (Wildman–Crippen LogP) is -0.564. The minimum atomic E-state index is -1.46. The number of carbonyl (C=O) groups excluding carboxylic acids is 1. The Morgan fingerprint density at radius 1 is 1.42 bits per heavy atom. The van der Waals surface area contributed by atoms with Crippen molar-refractivity contribution in [3.8, 4) is 0 Å². The van der Waals surface area contributed by atoms with Gasteiger partial charge in [-0.15, -0.1) is 0 Å². The second kappa shape index (κ2) is 5.51. The van der Waals surface area contributed by atoms with Gasteiger partial charge in [0.25, 0.3) is 11.5 Å². The van der Waals surface area contributed by atoms with E-state index in [9.17, 15) is 19.2 Å². The minimum Gasteiger partial charge on any atom is -0.480 e. The van der Waals surface area contributed by atoms with E-state index in [1.165, 1.54) is 6.92 Å². The molecular weight excluding hydrogens is 254 g/mol. The Hall–Kier alpha value is -2.38. The van der Waals surface area contributed by atoms with Gasteiger partial charge in [0.15, 0.2) is 0 Å². The summed E-state index contributed by atoms with van der Waals surface area (Å²) in [7, 11) is 0. The Bertz CT molecular complexity index is 603. The second-order valence-electron chi connectivity index (χ2n) is 4.33. The van der Waals surface area contributed by atoms with Gasteiger partial charge in [-0.25, -0.2) is 9.59 Å². The summed E-state index contributed by atoms with van der Waals surface area (Å²) >= 11 is 0. The van der Waals surface area contributed by atoms with Gasteiger partial charge in [0.05, 0.1) is 0 Å². The van der Waals surface area contributed by atoms with Crippen LogP contribution in [0.3, 0.4) is 0 Å². The van der Waals surface area contributed by atoms with Crippen LogP contribution in [0.2, 0.25) is 0 Å². The van der Waals surface area contributed by atoms with Gasteiger partial charge in [-0.1, -0.05) is 13.3 Å². The molecule has 8 nitrogen and oxygen atoms in total. The van der Waals surface area contributed by atoms with Crippen molar-refractivity contribution in [2.24, 2.45) is 0 Å². The Morgan fingerprint density at radius 2 is 2.05 bits per heavy atom. The van der Waals surface area contributed by atoms with E-state index in [1.54, 1.807) is 6.92 Å². The summed E-state index contributed by atoms with van der Waals surface area (Å²) in [6.45, 7) is 3.14. The van der Waals surface area contributed by atoms with Gasteiger partial charge in [-0.3, -0.25) is 14.6 Å². The molecule has 1 rings (SSSR count). The molecule has 1 atom stereocenters. The summed E-state index contributed by atoms with van der Waals surface area (Å²) in [5, 5.41) is 11.4. The van der Waals surface area contributed by atoms with E-state index in [0.717, 1.165) is 6.20 Å². The molecule has 0 saturated heterocycles. The Kier molecular flexibility index (Phi) is 4.26. The number of nitrogens with one attached hydrogen (secondary N) is 3. The van der Waals surface area contributed by atoms with E-state index < -0.39 is 28.7 Å². The molecule has 0 radical (unpaired) electrons. The van der Waals surface area contributed by atoms with Crippen LogP contribution in [0.15, 0.2) is 15.8 Å². The number of aromatic nitrogens is 2. The number of hydrogen-bond acceptors (Lipinski definition) is 4. The lowest BCUT2D eigenvalue weighted by molar-refractivity contribution is -0.144. The molecule has 1 aromatic heterocycles. The third-order valence-corrected chi connectivity index (χ3v) is 2.68. The first-order chi connectivity index (χ1) is 8.80. The number of H-pyrrole nitrogens is 2. The van der Waals surface area contributed by atoms with Crippen LogP contribution in [0.4, 0.5) is 0 Å². The van der Waals surface area contributed by atoms with E-state index in [-0.39, 0.29) is 12.0 Å². The zero-order chi connectivity index (χ0) is 14.6. The highest BCUT2D eigenvalue weighted by Gasteiger charge is 2.34. The molecule has 1 amide bonds. The van der Waals surface area contributed by atoms with Crippen LogP contribution >= 0.6 is 0 Å². The van der Waals surface area contributed by atoms with Crippen LogP contribution in [-0.4, -0.2) is 32.5 Å². The topological polar surface area (TPSA) is 132 Å². The Morgan fingerprint density at radius 3 is 2.53 bits per heavy atom. The number of aliphatic carboxylic acids is 1. The van der Waals surface area contributed by atoms with Crippen molar-refractivity contribution < 1.29 is 14.7 Å². The highest BCUT2D eigenvalue weighted by molar-refractivity contribution is 5.97. The molecular formula is C11H15N3O5. The van der Waals surface area contributed by atoms with Crippen LogP contribution < -0.4 is 16.6 Å². The van der Waals surface area contributed by atoms with Gasteiger partial charge in [0.1, 0.15) is 11.1 Å². The maximum Gasteiger partial charge on any atom is 0.329 e. The van der Waals surface area contributed by atoms with Gasteiger partial charge in [0, 0.05) is 6.20 Å². The summed E-state index contributed by atoms with van der Waals surface area (Å²) in [6.07, 6.45) is 1.71. The maximum absolute atomic E-state index is 11.9. The van der Waals surface area contributed by atoms with E-state index in [4.69, 9.17) is 5.11 Å². The van der Waals surface area contributed by atoms with E-state index in [0.29, 0.717) is 6.42 Å². The van der Waals surface area contributed by atoms with Crippen LogP contribution in [0.5, 0.6) is 0 Å². The number of amides is 1. The summed E-state index contributed by atoms with van der Waals surface area (Å²) in [5.74, 6) is -2.04. The first-order valence-corrected chi connectivity index (χ1v) is 5.68. The fourth-order valence-electron chi connectivity index (χ4n) is 1.62. The van der Waals surface area contributed by atoms with Crippen LogP contribution in [0, 0.1) is 0 Å². The molecule has 0 aliphatic carbocycles. The number of rotatable bonds is 5. The zero-order valence-electron chi connectivity index (χ0n) is 10.6. The van der Waals surface area contributed by atoms with Gasteiger partial charge >= 0.3 is 11.7 Å². The Balaban J connectivity index is 3.04. The van der Waals surface area contributed by atoms with Crippen LogP contribution in [0.1, 0.15) is 37.0 Å². The quantitative estimate of drug-likeness (QED) is 0.568. The third kappa shape index (κ3) is 3.30. The molecule has 0 aromatic carbocycles. The second-order valence-corrected chi connectivity index (χ2v) is 4.33. The molecule has 1 unspecified atom stereocenters. The van der Waals surface area contributed by atoms with Crippen molar-refractivity contribution in [2.75, 3.05) is 0 Å². The predicted molar refractivity (Wildman–Crippen MR) is 66.1 cm³/mol. The molecule has 0 fully saturated rings.